The number of hydrogen-bond donors (Lipinski definition) is 2. The van der Waals surface area contributed by atoms with Gasteiger partial charge in [-0.15, -0.1) is 0 Å². The Balaban J connectivity index is 1.18. The Morgan fingerprint density at radius 3 is 2.44 bits per heavy atom. The van der Waals surface area contributed by atoms with E-state index in [4.69, 9.17) is 10.5 Å². The molecule has 0 radical (unpaired) electrons. The quantitative estimate of drug-likeness (QED) is 0.244. The van der Waals surface area contributed by atoms with E-state index in [0.29, 0.717) is 51.9 Å². The minimum atomic E-state index is -4.51. The van der Waals surface area contributed by atoms with Crippen molar-refractivity contribution in [3.05, 3.63) is 70.8 Å². The van der Waals surface area contributed by atoms with Crippen LogP contribution >= 0.6 is 0 Å². The number of aromatic nitrogens is 1. The molecule has 4 heterocycles. The zero-order valence-electron chi connectivity index (χ0n) is 25.3. The van der Waals surface area contributed by atoms with Crippen LogP contribution in [0.1, 0.15) is 43.9 Å². The van der Waals surface area contributed by atoms with Crippen LogP contribution in [0.2, 0.25) is 0 Å². The third-order valence-corrected chi connectivity index (χ3v) is 8.78. The van der Waals surface area contributed by atoms with Crippen molar-refractivity contribution < 1.29 is 31.9 Å². The number of aliphatic imine (C=N–C) groups is 1. The summed E-state index contributed by atoms with van der Waals surface area (Å²) in [5, 5.41) is 3.11. The van der Waals surface area contributed by atoms with Crippen LogP contribution in [0, 0.1) is 23.6 Å². The summed E-state index contributed by atoms with van der Waals surface area (Å²) in [6.45, 7) is 7.46. The number of halogens is 4. The zero-order valence-corrected chi connectivity index (χ0v) is 25.3. The third-order valence-electron chi connectivity index (χ3n) is 8.78. The maximum absolute atomic E-state index is 14.0. The van der Waals surface area contributed by atoms with E-state index in [1.165, 1.54) is 12.1 Å². The molecule has 3 aliphatic heterocycles. The third kappa shape index (κ3) is 7.88. The summed E-state index contributed by atoms with van der Waals surface area (Å²) < 4.78 is 58.1. The number of pyridine rings is 1. The van der Waals surface area contributed by atoms with Gasteiger partial charge in [0.05, 0.1) is 35.4 Å². The lowest BCUT2D eigenvalue weighted by Gasteiger charge is -2.26. The van der Waals surface area contributed by atoms with Gasteiger partial charge in [0.25, 0.3) is 5.91 Å². The Kier molecular flexibility index (Phi) is 9.88. The molecule has 3 saturated heterocycles. The summed E-state index contributed by atoms with van der Waals surface area (Å²) in [7, 11) is 0. The van der Waals surface area contributed by atoms with E-state index >= 15 is 0 Å². The molecule has 242 valence electrons. The Morgan fingerprint density at radius 1 is 1.13 bits per heavy atom. The fourth-order valence-electron chi connectivity index (χ4n) is 6.44. The van der Waals surface area contributed by atoms with Crippen molar-refractivity contribution >= 4 is 23.3 Å². The SMILES string of the molecule is CC(=Nc1ccc(C(F)(F)F)cn1)C(C(=O)N1CC2CN(CC[C@H](NC(=O)C3CCOC3)c3cccc(F)c3)CC2C1)=C(C)N. The van der Waals surface area contributed by atoms with Crippen LogP contribution in [0.5, 0.6) is 0 Å². The van der Waals surface area contributed by atoms with Crippen molar-refractivity contribution in [1.82, 2.24) is 20.1 Å². The molecule has 45 heavy (non-hydrogen) atoms. The monoisotopic (exact) mass is 630 g/mol. The second-order valence-electron chi connectivity index (χ2n) is 12.1. The van der Waals surface area contributed by atoms with Gasteiger partial charge >= 0.3 is 6.18 Å². The molecule has 13 heteroatoms. The molecule has 0 saturated carbocycles. The van der Waals surface area contributed by atoms with Crippen LogP contribution in [0.3, 0.4) is 0 Å². The second-order valence-corrected chi connectivity index (χ2v) is 12.1. The summed E-state index contributed by atoms with van der Waals surface area (Å²) in [5.41, 5.74) is 6.69. The number of carbonyl (C=O) groups excluding carboxylic acids is 2. The van der Waals surface area contributed by atoms with E-state index in [9.17, 15) is 27.2 Å². The van der Waals surface area contributed by atoms with Crippen LogP contribution < -0.4 is 11.1 Å². The van der Waals surface area contributed by atoms with Crippen molar-refractivity contribution in [2.24, 2.45) is 28.5 Å². The van der Waals surface area contributed by atoms with Gasteiger partial charge in [-0.05, 0) is 68.4 Å². The molecule has 9 nitrogen and oxygen atoms in total. The highest BCUT2D eigenvalue weighted by molar-refractivity contribution is 6.21. The first-order valence-electron chi connectivity index (χ1n) is 15.1. The minimum Gasteiger partial charge on any atom is -0.402 e. The number of allylic oxidation sites excluding steroid dienone is 1. The van der Waals surface area contributed by atoms with Crippen molar-refractivity contribution in [2.75, 3.05) is 45.9 Å². The lowest BCUT2D eigenvalue weighted by molar-refractivity contribution is -0.137. The van der Waals surface area contributed by atoms with Crippen LogP contribution in [0.15, 0.2) is 58.9 Å². The highest BCUT2D eigenvalue weighted by atomic mass is 19.4. The number of carbonyl (C=O) groups is 2. The maximum atomic E-state index is 14.0. The second kappa shape index (κ2) is 13.7. The fraction of sp³-hybridized carbons (Fsp3) is 0.500. The summed E-state index contributed by atoms with van der Waals surface area (Å²) >= 11 is 0. The number of nitrogens with one attached hydrogen (secondary N) is 1. The molecule has 3 aliphatic rings. The number of nitrogens with two attached hydrogens (primary N) is 1. The molecule has 3 fully saturated rings. The van der Waals surface area contributed by atoms with Gasteiger partial charge < -0.3 is 25.6 Å². The predicted octanol–water partition coefficient (Wildman–Crippen LogP) is 4.24. The van der Waals surface area contributed by atoms with Gasteiger partial charge in [-0.3, -0.25) is 9.59 Å². The standard InChI is InChI=1S/C32H38F4N6O3/c1-19(37)29(20(2)39-28-7-6-25(13-38-28)32(34,35)36)31(44)42-16-23-14-41(15-24(23)17-42)10-8-27(21-4-3-5-26(33)12-21)40-30(43)22-9-11-45-18-22/h3-7,12-13,22-24,27H,8-11,14-18,37H2,1-2H3,(H,40,43)/t22?,23?,24?,27-/m0/s1. The number of nitrogens with zero attached hydrogens (tertiary/aromatic N) is 4. The van der Waals surface area contributed by atoms with E-state index in [1.54, 1.807) is 24.8 Å². The number of fused-ring (bicyclic) bond motifs is 1. The van der Waals surface area contributed by atoms with Crippen molar-refractivity contribution in [3.63, 3.8) is 0 Å². The number of alkyl halides is 3. The molecule has 0 bridgehead atoms. The summed E-state index contributed by atoms with van der Waals surface area (Å²) in [4.78, 5) is 38.6. The highest BCUT2D eigenvalue weighted by Crippen LogP contribution is 2.33. The van der Waals surface area contributed by atoms with Crippen LogP contribution in [0.25, 0.3) is 0 Å². The molecule has 0 spiro atoms. The van der Waals surface area contributed by atoms with E-state index in [2.05, 4.69) is 20.2 Å². The topological polar surface area (TPSA) is 113 Å². The molecule has 2 aromatic rings. The molecule has 3 N–H and O–H groups in total. The van der Waals surface area contributed by atoms with Crippen LogP contribution in [-0.2, 0) is 20.5 Å². The molecular weight excluding hydrogens is 592 g/mol. The Bertz CT molecular complexity index is 1440. The first-order valence-corrected chi connectivity index (χ1v) is 15.1. The van der Waals surface area contributed by atoms with Gasteiger partial charge in [0.2, 0.25) is 5.91 Å². The van der Waals surface area contributed by atoms with Crippen molar-refractivity contribution in [3.8, 4) is 0 Å². The summed E-state index contributed by atoms with van der Waals surface area (Å²) in [6.07, 6.45) is -2.52. The van der Waals surface area contributed by atoms with E-state index in [1.807, 2.05) is 6.07 Å². The Hall–Kier alpha value is -3.84. The number of benzene rings is 1. The number of hydrogen-bond acceptors (Lipinski definition) is 7. The lowest BCUT2D eigenvalue weighted by atomic mass is 10.0. The average Bonchev–Trinajstić information content (AvgIpc) is 3.72. The van der Waals surface area contributed by atoms with E-state index in [0.717, 1.165) is 30.8 Å². The molecule has 4 atom stereocenters. The molecule has 2 amide bonds. The van der Waals surface area contributed by atoms with Gasteiger partial charge in [0, 0.05) is 51.2 Å². The van der Waals surface area contributed by atoms with Gasteiger partial charge in [-0.1, -0.05) is 12.1 Å². The fourth-order valence-corrected chi connectivity index (χ4v) is 6.44. The number of likely N-dealkylation sites (tertiary alicyclic amines) is 2. The van der Waals surface area contributed by atoms with Gasteiger partial charge in [-0.25, -0.2) is 14.4 Å². The van der Waals surface area contributed by atoms with E-state index in [-0.39, 0.29) is 64.2 Å². The molecule has 5 rings (SSSR count). The smallest absolute Gasteiger partial charge is 0.402 e. The van der Waals surface area contributed by atoms with Crippen LogP contribution in [0.4, 0.5) is 23.4 Å². The van der Waals surface area contributed by atoms with Gasteiger partial charge in [0.15, 0.2) is 5.82 Å². The van der Waals surface area contributed by atoms with Crippen molar-refractivity contribution in [2.45, 2.75) is 38.9 Å². The highest BCUT2D eigenvalue weighted by Gasteiger charge is 2.42. The number of rotatable bonds is 9. The Morgan fingerprint density at radius 2 is 1.87 bits per heavy atom. The minimum absolute atomic E-state index is 0.0466. The molecule has 0 aliphatic carbocycles. The van der Waals surface area contributed by atoms with Gasteiger partial charge in [-0.2, -0.15) is 13.2 Å². The van der Waals surface area contributed by atoms with Crippen molar-refractivity contribution in [1.29, 1.82) is 0 Å². The zero-order chi connectivity index (χ0) is 32.3. The summed E-state index contributed by atoms with van der Waals surface area (Å²) in [6, 6.07) is 8.02. The average molecular weight is 631 g/mol. The van der Waals surface area contributed by atoms with E-state index < -0.39 is 11.7 Å². The first-order chi connectivity index (χ1) is 21.4. The Labute approximate surface area is 259 Å². The normalized spacial score (nSPS) is 23.6. The lowest BCUT2D eigenvalue weighted by Crippen LogP contribution is -2.38. The number of ether oxygens (including phenoxy) is 1. The largest absolute Gasteiger partial charge is 0.417 e. The maximum Gasteiger partial charge on any atom is 0.417 e. The molecule has 1 aromatic heterocycles. The van der Waals surface area contributed by atoms with Crippen LogP contribution in [-0.4, -0.2) is 78.2 Å². The number of amides is 2. The molecule has 1 aromatic carbocycles. The summed E-state index contributed by atoms with van der Waals surface area (Å²) in [5.74, 6) is -0.361. The molecule has 3 unspecified atom stereocenters. The van der Waals surface area contributed by atoms with Gasteiger partial charge in [0.1, 0.15) is 5.82 Å². The molecular formula is C32H38F4N6O3. The predicted molar refractivity (Wildman–Crippen MR) is 160 cm³/mol. The first kappa shape index (κ1) is 32.6.